The summed E-state index contributed by atoms with van der Waals surface area (Å²) in [6.07, 6.45) is 3.48. The first-order chi connectivity index (χ1) is 20.3. The first-order valence-corrected chi connectivity index (χ1v) is 15.7. The molecular weight excluding hydrogens is 573 g/mol. The molecule has 42 heavy (non-hydrogen) atoms. The topological polar surface area (TPSA) is 129 Å². The van der Waals surface area contributed by atoms with Gasteiger partial charge in [-0.3, -0.25) is 29.4 Å². The molecule has 10 nitrogen and oxygen atoms in total. The number of hydrogen-bond acceptors (Lipinski definition) is 8. The number of aromatic nitrogens is 1. The molecule has 3 heterocycles. The lowest BCUT2D eigenvalue weighted by atomic mass is 10.1. The quantitative estimate of drug-likeness (QED) is 0.357. The highest BCUT2D eigenvalue weighted by molar-refractivity contribution is 8.00. The van der Waals surface area contributed by atoms with Crippen molar-refractivity contribution in [3.8, 4) is 0 Å². The van der Waals surface area contributed by atoms with Crippen LogP contribution < -0.4 is 11.1 Å². The number of piperazine rings is 1. The first-order valence-electron chi connectivity index (χ1n) is 13.9. The van der Waals surface area contributed by atoms with Crippen LogP contribution in [0.5, 0.6) is 0 Å². The summed E-state index contributed by atoms with van der Waals surface area (Å²) in [6.45, 7) is 5.20. The summed E-state index contributed by atoms with van der Waals surface area (Å²) in [5.41, 5.74) is 8.73. The number of amides is 4. The number of likely N-dealkylation sites (tertiary alicyclic amines) is 1. The van der Waals surface area contributed by atoms with Gasteiger partial charge in [-0.15, -0.1) is 11.8 Å². The molecule has 0 saturated carbocycles. The maximum Gasteiger partial charge on any atom is 0.257 e. The Hall–Kier alpha value is -3.74. The third kappa shape index (κ3) is 7.36. The molecule has 0 aliphatic carbocycles. The van der Waals surface area contributed by atoms with E-state index in [1.807, 2.05) is 36.4 Å². The Balaban J connectivity index is 1.11. The molecule has 2 fully saturated rings. The number of rotatable bonds is 9. The number of benzene rings is 2. The Kier molecular flexibility index (Phi) is 9.55. The van der Waals surface area contributed by atoms with Crippen LogP contribution in [0.15, 0.2) is 58.9 Å². The summed E-state index contributed by atoms with van der Waals surface area (Å²) in [6, 6.07) is 14.8. The van der Waals surface area contributed by atoms with E-state index < -0.39 is 0 Å². The highest BCUT2D eigenvalue weighted by Gasteiger charge is 2.29. The molecule has 1 atom stereocenters. The molecule has 2 aliphatic heterocycles. The lowest BCUT2D eigenvalue weighted by molar-refractivity contribution is -0.130. The monoisotopic (exact) mass is 606 g/mol. The van der Waals surface area contributed by atoms with E-state index in [-0.39, 0.29) is 29.7 Å². The molecule has 0 radical (unpaired) electrons. The lowest BCUT2D eigenvalue weighted by Crippen LogP contribution is -2.50. The first kappa shape index (κ1) is 29.7. The van der Waals surface area contributed by atoms with E-state index in [0.29, 0.717) is 54.7 Å². The van der Waals surface area contributed by atoms with Gasteiger partial charge >= 0.3 is 0 Å². The van der Waals surface area contributed by atoms with Crippen molar-refractivity contribution in [2.45, 2.75) is 42.3 Å². The molecule has 2 aliphatic rings. The van der Waals surface area contributed by atoms with E-state index in [4.69, 9.17) is 5.73 Å². The number of carbonyl (C=O) groups excluding carboxylic acids is 4. The summed E-state index contributed by atoms with van der Waals surface area (Å²) in [5.74, 6) is 0.149. The average Bonchev–Trinajstić information content (AvgIpc) is 3.66. The van der Waals surface area contributed by atoms with Gasteiger partial charge < -0.3 is 15.5 Å². The summed E-state index contributed by atoms with van der Waals surface area (Å²) < 4.78 is 0.951. The lowest BCUT2D eigenvalue weighted by Gasteiger charge is -2.34. The number of thiazole rings is 1. The number of primary amides is 1. The summed E-state index contributed by atoms with van der Waals surface area (Å²) in [5, 5.41) is 3.39. The zero-order valence-corrected chi connectivity index (χ0v) is 25.1. The van der Waals surface area contributed by atoms with Gasteiger partial charge in [0.1, 0.15) is 0 Å². The minimum atomic E-state index is -0.287. The van der Waals surface area contributed by atoms with Gasteiger partial charge in [0.25, 0.3) is 11.8 Å². The van der Waals surface area contributed by atoms with Gasteiger partial charge in [-0.1, -0.05) is 35.6 Å². The third-order valence-corrected chi connectivity index (χ3v) is 9.74. The fraction of sp³-hybridized carbons (Fsp3) is 0.367. The molecule has 12 heteroatoms. The second-order valence-corrected chi connectivity index (χ2v) is 12.8. The number of thioether (sulfide) groups is 1. The van der Waals surface area contributed by atoms with Crippen LogP contribution in [-0.2, 0) is 21.9 Å². The molecule has 3 aromatic rings. The van der Waals surface area contributed by atoms with Gasteiger partial charge in [0, 0.05) is 56.5 Å². The van der Waals surface area contributed by atoms with E-state index in [2.05, 4.69) is 15.2 Å². The van der Waals surface area contributed by atoms with Crippen LogP contribution >= 0.6 is 23.1 Å². The van der Waals surface area contributed by atoms with E-state index in [0.717, 1.165) is 34.7 Å². The predicted octanol–water partition coefficient (Wildman–Crippen LogP) is 3.44. The zero-order valence-electron chi connectivity index (χ0n) is 23.5. The largest absolute Gasteiger partial charge is 0.368 e. The van der Waals surface area contributed by atoms with Gasteiger partial charge in [-0.2, -0.15) is 0 Å². The summed E-state index contributed by atoms with van der Waals surface area (Å²) in [4.78, 5) is 59.0. The number of nitrogens with one attached hydrogen (secondary N) is 1. The fourth-order valence-corrected chi connectivity index (χ4v) is 7.05. The van der Waals surface area contributed by atoms with E-state index in [9.17, 15) is 19.2 Å². The Morgan fingerprint density at radius 3 is 2.43 bits per heavy atom. The summed E-state index contributed by atoms with van der Waals surface area (Å²) >= 11 is 2.99. The van der Waals surface area contributed by atoms with Crippen LogP contribution in [0, 0.1) is 0 Å². The summed E-state index contributed by atoms with van der Waals surface area (Å²) in [7, 11) is 0. The normalized spacial score (nSPS) is 17.3. The van der Waals surface area contributed by atoms with E-state index >= 15 is 0 Å². The van der Waals surface area contributed by atoms with Crippen molar-refractivity contribution in [1.82, 2.24) is 19.7 Å². The molecule has 4 amide bonds. The highest BCUT2D eigenvalue weighted by Crippen LogP contribution is 2.31. The zero-order chi connectivity index (χ0) is 29.6. The minimum absolute atomic E-state index is 0.0215. The predicted molar refractivity (Wildman–Crippen MR) is 163 cm³/mol. The maximum absolute atomic E-state index is 13.0. The smallest absolute Gasteiger partial charge is 0.257 e. The number of carbonyl (C=O) groups is 4. The SMILES string of the molecule is CC(=O)N1CCN(C(=O)c2cccc(CSc3cnc(NC(=O)c4ccc(CN5CCC[C@@H]5C(N)=O)cc4)s3)c2)CC1. The fourth-order valence-electron chi connectivity index (χ4n) is 5.24. The van der Waals surface area contributed by atoms with Gasteiger partial charge in [-0.25, -0.2) is 4.98 Å². The minimum Gasteiger partial charge on any atom is -0.368 e. The van der Waals surface area contributed by atoms with Crippen molar-refractivity contribution < 1.29 is 19.2 Å². The van der Waals surface area contributed by atoms with Crippen LogP contribution in [0.2, 0.25) is 0 Å². The maximum atomic E-state index is 13.0. The number of nitrogens with zero attached hydrogens (tertiary/aromatic N) is 4. The number of anilines is 1. The number of hydrogen-bond donors (Lipinski definition) is 2. The van der Waals surface area contributed by atoms with Crippen molar-refractivity contribution in [2.75, 3.05) is 38.0 Å². The molecule has 0 spiro atoms. The van der Waals surface area contributed by atoms with Crippen molar-refractivity contribution in [2.24, 2.45) is 5.73 Å². The second kappa shape index (κ2) is 13.5. The van der Waals surface area contributed by atoms with Crippen LogP contribution in [0.25, 0.3) is 0 Å². The van der Waals surface area contributed by atoms with Crippen molar-refractivity contribution >= 4 is 51.9 Å². The van der Waals surface area contributed by atoms with Crippen molar-refractivity contribution in [3.63, 3.8) is 0 Å². The molecular formula is C30H34N6O4S2. The molecule has 2 saturated heterocycles. The van der Waals surface area contributed by atoms with Gasteiger partial charge in [-0.05, 0) is 54.8 Å². The van der Waals surface area contributed by atoms with Crippen LogP contribution in [0.4, 0.5) is 5.13 Å². The molecule has 2 aromatic carbocycles. The van der Waals surface area contributed by atoms with Crippen molar-refractivity contribution in [1.29, 1.82) is 0 Å². The molecule has 3 N–H and O–H groups in total. The molecule has 220 valence electrons. The van der Waals surface area contributed by atoms with Crippen molar-refractivity contribution in [3.05, 3.63) is 77.0 Å². The van der Waals surface area contributed by atoms with Gasteiger partial charge in [0.2, 0.25) is 11.8 Å². The standard InChI is InChI=1S/C30H34N6O4S2/c1-20(37)34-12-14-35(15-13-34)29(40)24-5-2-4-22(16-24)19-41-26-17-32-30(42-26)33-28(39)23-9-7-21(8-10-23)18-36-11-3-6-25(36)27(31)38/h2,4-5,7-10,16-17,25H,3,6,11-15,18-19H2,1H3,(H2,31,38)(H,32,33,39)/t25-/m1/s1. The number of nitrogens with two attached hydrogens (primary N) is 1. The van der Waals surface area contributed by atoms with Crippen LogP contribution in [-0.4, -0.2) is 82.1 Å². The second-order valence-electron chi connectivity index (χ2n) is 10.5. The third-order valence-electron chi connectivity index (χ3n) is 7.57. The Morgan fingerprint density at radius 1 is 0.976 bits per heavy atom. The van der Waals surface area contributed by atoms with E-state index in [1.54, 1.807) is 46.8 Å². The Bertz CT molecular complexity index is 1450. The Morgan fingerprint density at radius 2 is 1.71 bits per heavy atom. The molecule has 5 rings (SSSR count). The molecule has 0 unspecified atom stereocenters. The van der Waals surface area contributed by atoms with Crippen LogP contribution in [0.1, 0.15) is 51.6 Å². The molecule has 1 aromatic heterocycles. The Labute approximate surface area is 253 Å². The highest BCUT2D eigenvalue weighted by atomic mass is 32.2. The van der Waals surface area contributed by atoms with Gasteiger partial charge in [0.15, 0.2) is 5.13 Å². The van der Waals surface area contributed by atoms with Gasteiger partial charge in [0.05, 0.1) is 16.4 Å². The van der Waals surface area contributed by atoms with Crippen LogP contribution in [0.3, 0.4) is 0 Å². The van der Waals surface area contributed by atoms with E-state index in [1.165, 1.54) is 11.3 Å². The molecule has 0 bridgehead atoms. The average molecular weight is 607 g/mol.